The van der Waals surface area contributed by atoms with Gasteiger partial charge in [0.25, 0.3) is 0 Å². The number of nitrogens with one attached hydrogen (secondary N) is 2. The van der Waals surface area contributed by atoms with Crippen molar-refractivity contribution in [3.63, 3.8) is 0 Å². The smallest absolute Gasteiger partial charge is 0.336 e. The number of hydrogen-bond acceptors (Lipinski definition) is 3. The van der Waals surface area contributed by atoms with Crippen LogP contribution in [0.15, 0.2) is 24.3 Å². The molecule has 0 aromatic heterocycles. The van der Waals surface area contributed by atoms with Crippen molar-refractivity contribution in [1.29, 1.82) is 0 Å². The molecule has 104 valence electrons. The Kier molecular flexibility index (Phi) is 6.02. The van der Waals surface area contributed by atoms with Crippen LogP contribution >= 0.6 is 0 Å². The number of carbonyl (C=O) groups is 2. The minimum absolute atomic E-state index is 0.00554. The molecule has 0 saturated carbocycles. The first-order valence-corrected chi connectivity index (χ1v) is 6.32. The number of benzene rings is 1. The lowest BCUT2D eigenvalue weighted by Gasteiger charge is -2.10. The van der Waals surface area contributed by atoms with Crippen LogP contribution in [0.1, 0.15) is 36.2 Å². The van der Waals surface area contributed by atoms with Crippen molar-refractivity contribution in [3.8, 4) is 0 Å². The van der Waals surface area contributed by atoms with E-state index in [9.17, 15) is 9.59 Å². The summed E-state index contributed by atoms with van der Waals surface area (Å²) in [5, 5.41) is 14.9. The fourth-order valence-electron chi connectivity index (χ4n) is 1.70. The average molecular weight is 264 g/mol. The van der Waals surface area contributed by atoms with Crippen LogP contribution in [0.5, 0.6) is 0 Å². The summed E-state index contributed by atoms with van der Waals surface area (Å²) in [5.74, 6) is -0.941. The minimum Gasteiger partial charge on any atom is -0.478 e. The summed E-state index contributed by atoms with van der Waals surface area (Å²) >= 11 is 0. The monoisotopic (exact) mass is 264 g/mol. The van der Waals surface area contributed by atoms with Crippen LogP contribution in [0.25, 0.3) is 0 Å². The zero-order valence-corrected chi connectivity index (χ0v) is 11.3. The lowest BCUT2D eigenvalue weighted by molar-refractivity contribution is -0.121. The molecular weight excluding hydrogens is 244 g/mol. The van der Waals surface area contributed by atoms with Gasteiger partial charge in [-0.15, -0.1) is 0 Å². The topological polar surface area (TPSA) is 78.4 Å². The molecule has 19 heavy (non-hydrogen) atoms. The summed E-state index contributed by atoms with van der Waals surface area (Å²) in [7, 11) is 0. The summed E-state index contributed by atoms with van der Waals surface area (Å²) in [5.41, 5.74) is 1.01. The molecule has 0 aliphatic carbocycles. The third kappa shape index (κ3) is 5.52. The number of carboxylic acid groups (broad SMARTS) is 1. The van der Waals surface area contributed by atoms with Crippen molar-refractivity contribution >= 4 is 11.9 Å². The Labute approximate surface area is 113 Å². The van der Waals surface area contributed by atoms with Gasteiger partial charge < -0.3 is 15.7 Å². The fourth-order valence-corrected chi connectivity index (χ4v) is 1.70. The molecule has 0 spiro atoms. The standard InChI is InChI=1S/C14H20N2O3/c1-10(2)16-13(17)7-8-15-9-11-5-3-4-6-12(11)14(18)19/h3-6,10,15H,7-9H2,1-2H3,(H,16,17)(H,18,19). The van der Waals surface area contributed by atoms with E-state index >= 15 is 0 Å². The SMILES string of the molecule is CC(C)NC(=O)CCNCc1ccccc1C(=O)O. The van der Waals surface area contributed by atoms with Crippen molar-refractivity contribution in [3.05, 3.63) is 35.4 Å². The summed E-state index contributed by atoms with van der Waals surface area (Å²) in [6.07, 6.45) is 0.382. The molecule has 1 aromatic carbocycles. The van der Waals surface area contributed by atoms with Crippen molar-refractivity contribution in [2.75, 3.05) is 6.54 Å². The van der Waals surface area contributed by atoms with Gasteiger partial charge >= 0.3 is 5.97 Å². The minimum atomic E-state index is -0.935. The molecule has 3 N–H and O–H groups in total. The highest BCUT2D eigenvalue weighted by atomic mass is 16.4. The van der Waals surface area contributed by atoms with Gasteiger partial charge in [-0.2, -0.15) is 0 Å². The van der Waals surface area contributed by atoms with E-state index in [0.29, 0.717) is 25.1 Å². The van der Waals surface area contributed by atoms with Crippen LogP contribution in [0.2, 0.25) is 0 Å². The Hall–Kier alpha value is -1.88. The maximum absolute atomic E-state index is 11.4. The second-order valence-electron chi connectivity index (χ2n) is 4.61. The van der Waals surface area contributed by atoms with Crippen LogP contribution in [0.3, 0.4) is 0 Å². The third-order valence-electron chi connectivity index (χ3n) is 2.54. The quantitative estimate of drug-likeness (QED) is 0.650. The van der Waals surface area contributed by atoms with E-state index in [4.69, 9.17) is 5.11 Å². The number of carbonyl (C=O) groups excluding carboxylic acids is 1. The van der Waals surface area contributed by atoms with Gasteiger partial charge in [-0.1, -0.05) is 18.2 Å². The zero-order valence-electron chi connectivity index (χ0n) is 11.3. The highest BCUT2D eigenvalue weighted by molar-refractivity contribution is 5.89. The molecule has 0 saturated heterocycles. The first-order chi connectivity index (χ1) is 9.00. The van der Waals surface area contributed by atoms with Gasteiger partial charge in [0.05, 0.1) is 5.56 Å². The first kappa shape index (κ1) is 15.2. The van der Waals surface area contributed by atoms with E-state index in [1.807, 2.05) is 13.8 Å². The Morgan fingerprint density at radius 2 is 1.95 bits per heavy atom. The van der Waals surface area contributed by atoms with Crippen LogP contribution in [0, 0.1) is 0 Å². The molecule has 0 atom stereocenters. The summed E-state index contributed by atoms with van der Waals surface area (Å²) < 4.78 is 0. The van der Waals surface area contributed by atoms with Crippen molar-refractivity contribution in [1.82, 2.24) is 10.6 Å². The highest BCUT2D eigenvalue weighted by Gasteiger charge is 2.08. The van der Waals surface area contributed by atoms with E-state index < -0.39 is 5.97 Å². The zero-order chi connectivity index (χ0) is 14.3. The van der Waals surface area contributed by atoms with Crippen LogP contribution in [-0.4, -0.2) is 29.6 Å². The van der Waals surface area contributed by atoms with E-state index in [0.717, 1.165) is 5.56 Å². The van der Waals surface area contributed by atoms with E-state index in [2.05, 4.69) is 10.6 Å². The van der Waals surface area contributed by atoms with Crippen molar-refractivity contribution in [2.45, 2.75) is 32.9 Å². The van der Waals surface area contributed by atoms with Gasteiger partial charge in [0, 0.05) is 25.6 Å². The molecule has 0 fully saturated rings. The van der Waals surface area contributed by atoms with E-state index in [-0.39, 0.29) is 11.9 Å². The number of carboxylic acids is 1. The molecule has 0 aliphatic rings. The van der Waals surface area contributed by atoms with Crippen molar-refractivity contribution < 1.29 is 14.7 Å². The molecule has 0 unspecified atom stereocenters. The maximum atomic E-state index is 11.4. The van der Waals surface area contributed by atoms with Gasteiger partial charge in [0.15, 0.2) is 0 Å². The number of amides is 1. The predicted molar refractivity (Wildman–Crippen MR) is 73.0 cm³/mol. The van der Waals surface area contributed by atoms with Crippen LogP contribution in [-0.2, 0) is 11.3 Å². The van der Waals surface area contributed by atoms with Gasteiger partial charge in [-0.05, 0) is 25.5 Å². The Bertz CT molecular complexity index is 444. The predicted octanol–water partition coefficient (Wildman–Crippen LogP) is 1.39. The molecule has 5 heteroatoms. The largest absolute Gasteiger partial charge is 0.478 e. The van der Waals surface area contributed by atoms with Crippen LogP contribution < -0.4 is 10.6 Å². The van der Waals surface area contributed by atoms with E-state index in [1.54, 1.807) is 24.3 Å². The van der Waals surface area contributed by atoms with Crippen molar-refractivity contribution in [2.24, 2.45) is 0 Å². The Morgan fingerprint density at radius 1 is 1.26 bits per heavy atom. The molecule has 0 aliphatic heterocycles. The lowest BCUT2D eigenvalue weighted by Crippen LogP contribution is -2.32. The van der Waals surface area contributed by atoms with Gasteiger partial charge in [0.1, 0.15) is 0 Å². The van der Waals surface area contributed by atoms with Crippen LogP contribution in [0.4, 0.5) is 0 Å². The second-order valence-corrected chi connectivity index (χ2v) is 4.61. The highest BCUT2D eigenvalue weighted by Crippen LogP contribution is 2.08. The Balaban J connectivity index is 2.38. The molecule has 0 heterocycles. The molecule has 1 rings (SSSR count). The van der Waals surface area contributed by atoms with E-state index in [1.165, 1.54) is 0 Å². The molecule has 5 nitrogen and oxygen atoms in total. The normalized spacial score (nSPS) is 10.5. The number of aromatic carboxylic acids is 1. The lowest BCUT2D eigenvalue weighted by atomic mass is 10.1. The molecule has 0 radical (unpaired) electrons. The van der Waals surface area contributed by atoms with Gasteiger partial charge in [-0.25, -0.2) is 4.79 Å². The summed E-state index contributed by atoms with van der Waals surface area (Å²) in [6, 6.07) is 6.98. The fraction of sp³-hybridized carbons (Fsp3) is 0.429. The second kappa shape index (κ2) is 7.53. The first-order valence-electron chi connectivity index (χ1n) is 6.32. The number of hydrogen-bond donors (Lipinski definition) is 3. The third-order valence-corrected chi connectivity index (χ3v) is 2.54. The van der Waals surface area contributed by atoms with Gasteiger partial charge in [0.2, 0.25) is 5.91 Å². The summed E-state index contributed by atoms with van der Waals surface area (Å²) in [6.45, 7) is 4.78. The maximum Gasteiger partial charge on any atom is 0.336 e. The Morgan fingerprint density at radius 3 is 2.58 bits per heavy atom. The summed E-state index contributed by atoms with van der Waals surface area (Å²) in [4.78, 5) is 22.4. The average Bonchev–Trinajstić information content (AvgIpc) is 2.34. The number of rotatable bonds is 7. The molecule has 1 aromatic rings. The molecule has 1 amide bonds. The molecular formula is C14H20N2O3. The van der Waals surface area contributed by atoms with Gasteiger partial charge in [-0.3, -0.25) is 4.79 Å². The molecule has 0 bridgehead atoms.